The highest BCUT2D eigenvalue weighted by Crippen LogP contribution is 2.22. The Labute approximate surface area is 99.9 Å². The fourth-order valence-corrected chi connectivity index (χ4v) is 2.75. The van der Waals surface area contributed by atoms with Crippen LogP contribution in [0, 0.1) is 11.3 Å². The van der Waals surface area contributed by atoms with E-state index in [4.69, 9.17) is 16.9 Å². The van der Waals surface area contributed by atoms with Gasteiger partial charge in [-0.2, -0.15) is 5.26 Å². The Bertz CT molecular complexity index is 520. The van der Waals surface area contributed by atoms with Crippen LogP contribution >= 0.6 is 11.6 Å². The van der Waals surface area contributed by atoms with Gasteiger partial charge in [0.05, 0.1) is 16.7 Å². The zero-order valence-electron chi connectivity index (χ0n) is 8.70. The predicted molar refractivity (Wildman–Crippen MR) is 61.6 cm³/mol. The summed E-state index contributed by atoms with van der Waals surface area (Å²) in [5.74, 6) is 0. The topological polar surface area (TPSA) is 70.0 Å². The number of benzene rings is 1. The molecule has 0 aromatic heterocycles. The molecule has 1 N–H and O–H groups in total. The summed E-state index contributed by atoms with van der Waals surface area (Å²) in [6.07, 6.45) is 0.689. The zero-order chi connectivity index (χ0) is 12.2. The Kier molecular flexibility index (Phi) is 4.30. The fraction of sp³-hybridized carbons (Fsp3) is 0.300. The van der Waals surface area contributed by atoms with Crippen LogP contribution in [-0.2, 0) is 10.0 Å². The zero-order valence-corrected chi connectivity index (χ0v) is 10.3. The van der Waals surface area contributed by atoms with E-state index in [1.165, 1.54) is 18.2 Å². The highest BCUT2D eigenvalue weighted by Gasteiger charge is 2.17. The number of nitrogens with one attached hydrogen (secondary N) is 1. The highest BCUT2D eigenvalue weighted by molar-refractivity contribution is 7.89. The van der Waals surface area contributed by atoms with Crippen LogP contribution in [0.15, 0.2) is 23.1 Å². The van der Waals surface area contributed by atoms with Crippen LogP contribution in [0.25, 0.3) is 0 Å². The summed E-state index contributed by atoms with van der Waals surface area (Å²) < 4.78 is 25.9. The molecule has 4 nitrogen and oxygen atoms in total. The Morgan fingerprint density at radius 3 is 2.75 bits per heavy atom. The van der Waals surface area contributed by atoms with Gasteiger partial charge < -0.3 is 0 Å². The average Bonchev–Trinajstić information content (AvgIpc) is 2.27. The maximum absolute atomic E-state index is 11.8. The van der Waals surface area contributed by atoms with Crippen molar-refractivity contribution in [2.75, 3.05) is 6.54 Å². The third kappa shape index (κ3) is 2.95. The Balaban J connectivity index is 3.17. The maximum atomic E-state index is 11.8. The molecule has 0 amide bonds. The van der Waals surface area contributed by atoms with Gasteiger partial charge in [-0.1, -0.05) is 18.5 Å². The first-order valence-corrected chi connectivity index (χ1v) is 6.56. The summed E-state index contributed by atoms with van der Waals surface area (Å²) in [6.45, 7) is 2.20. The molecule has 0 spiro atoms. The van der Waals surface area contributed by atoms with E-state index < -0.39 is 10.0 Å². The van der Waals surface area contributed by atoms with Crippen molar-refractivity contribution >= 4 is 21.6 Å². The molecule has 16 heavy (non-hydrogen) atoms. The van der Waals surface area contributed by atoms with Crippen LogP contribution < -0.4 is 4.72 Å². The average molecular weight is 259 g/mol. The quantitative estimate of drug-likeness (QED) is 0.897. The van der Waals surface area contributed by atoms with Crippen LogP contribution in [0.3, 0.4) is 0 Å². The molecule has 0 aliphatic rings. The van der Waals surface area contributed by atoms with Gasteiger partial charge in [0.25, 0.3) is 0 Å². The molecule has 1 aromatic rings. The van der Waals surface area contributed by atoms with Gasteiger partial charge in [-0.25, -0.2) is 13.1 Å². The molecule has 0 atom stereocenters. The van der Waals surface area contributed by atoms with Crippen molar-refractivity contribution in [2.45, 2.75) is 18.2 Å². The number of halogens is 1. The molecule has 6 heteroatoms. The monoisotopic (exact) mass is 258 g/mol. The molecule has 0 bridgehead atoms. The Morgan fingerprint density at radius 2 is 2.19 bits per heavy atom. The molecule has 0 heterocycles. The second kappa shape index (κ2) is 5.30. The molecule has 1 rings (SSSR count). The molecule has 86 valence electrons. The first kappa shape index (κ1) is 13.0. The van der Waals surface area contributed by atoms with Gasteiger partial charge in [0.1, 0.15) is 4.90 Å². The third-order valence-electron chi connectivity index (χ3n) is 1.89. The number of sulfonamides is 1. The lowest BCUT2D eigenvalue weighted by atomic mass is 10.2. The van der Waals surface area contributed by atoms with E-state index in [2.05, 4.69) is 4.72 Å². The van der Waals surface area contributed by atoms with Crippen molar-refractivity contribution in [1.82, 2.24) is 4.72 Å². The lowest BCUT2D eigenvalue weighted by molar-refractivity contribution is 0.581. The Morgan fingerprint density at radius 1 is 1.50 bits per heavy atom. The highest BCUT2D eigenvalue weighted by atomic mass is 35.5. The van der Waals surface area contributed by atoms with E-state index >= 15 is 0 Å². The molecule has 0 unspecified atom stereocenters. The van der Waals surface area contributed by atoms with Crippen molar-refractivity contribution in [3.8, 4) is 6.07 Å². The second-order valence-corrected chi connectivity index (χ2v) is 5.30. The fourth-order valence-electron chi connectivity index (χ4n) is 1.09. The summed E-state index contributed by atoms with van der Waals surface area (Å²) >= 11 is 5.79. The number of rotatable bonds is 4. The lowest BCUT2D eigenvalue weighted by Gasteiger charge is -2.07. The number of hydrogen-bond acceptors (Lipinski definition) is 3. The van der Waals surface area contributed by atoms with E-state index in [0.717, 1.165) is 0 Å². The van der Waals surface area contributed by atoms with Gasteiger partial charge >= 0.3 is 0 Å². The van der Waals surface area contributed by atoms with Crippen LogP contribution in [0.2, 0.25) is 5.02 Å². The van der Waals surface area contributed by atoms with Crippen LogP contribution in [-0.4, -0.2) is 15.0 Å². The van der Waals surface area contributed by atoms with E-state index in [1.807, 2.05) is 13.0 Å². The van der Waals surface area contributed by atoms with Crippen molar-refractivity contribution in [3.05, 3.63) is 28.8 Å². The van der Waals surface area contributed by atoms with Crippen LogP contribution in [0.5, 0.6) is 0 Å². The normalized spacial score (nSPS) is 11.1. The molecule has 1 aromatic carbocycles. The summed E-state index contributed by atoms with van der Waals surface area (Å²) in [5.41, 5.74) is 0.265. The summed E-state index contributed by atoms with van der Waals surface area (Å²) in [6, 6.07) is 6.01. The predicted octanol–water partition coefficient (Wildman–Crippen LogP) is 1.90. The first-order valence-electron chi connectivity index (χ1n) is 4.70. The van der Waals surface area contributed by atoms with E-state index in [0.29, 0.717) is 13.0 Å². The molecule has 0 saturated heterocycles. The summed E-state index contributed by atoms with van der Waals surface area (Å²) in [5, 5.41) is 8.80. The van der Waals surface area contributed by atoms with E-state index in [1.54, 1.807) is 0 Å². The minimum absolute atomic E-state index is 0.0540. The van der Waals surface area contributed by atoms with Crippen LogP contribution in [0.4, 0.5) is 0 Å². The number of nitrogens with zero attached hydrogens (tertiary/aromatic N) is 1. The van der Waals surface area contributed by atoms with Gasteiger partial charge in [0.2, 0.25) is 10.0 Å². The standard InChI is InChI=1S/C10H11ClN2O2S/c1-2-5-13-16(14,15)10-6-8(7-12)3-4-9(10)11/h3-4,6,13H,2,5H2,1H3. The molecule has 0 fully saturated rings. The molecule has 0 saturated carbocycles. The van der Waals surface area contributed by atoms with E-state index in [-0.39, 0.29) is 15.5 Å². The van der Waals surface area contributed by atoms with Gasteiger partial charge in [-0.15, -0.1) is 0 Å². The summed E-state index contributed by atoms with van der Waals surface area (Å²) in [7, 11) is -3.62. The SMILES string of the molecule is CCCNS(=O)(=O)c1cc(C#N)ccc1Cl. The smallest absolute Gasteiger partial charge is 0.211 e. The van der Waals surface area contributed by atoms with Gasteiger partial charge in [-0.05, 0) is 24.6 Å². The molecule has 0 radical (unpaired) electrons. The minimum Gasteiger partial charge on any atom is -0.211 e. The molecule has 0 aliphatic heterocycles. The number of nitriles is 1. The van der Waals surface area contributed by atoms with Gasteiger partial charge in [-0.3, -0.25) is 0 Å². The summed E-state index contributed by atoms with van der Waals surface area (Å²) in [4.78, 5) is -0.0540. The van der Waals surface area contributed by atoms with Crippen molar-refractivity contribution in [2.24, 2.45) is 0 Å². The minimum atomic E-state index is -3.62. The van der Waals surface area contributed by atoms with Crippen molar-refractivity contribution in [1.29, 1.82) is 5.26 Å². The largest absolute Gasteiger partial charge is 0.242 e. The lowest BCUT2D eigenvalue weighted by Crippen LogP contribution is -2.24. The number of hydrogen-bond donors (Lipinski definition) is 1. The molecular formula is C10H11ClN2O2S. The molecule has 0 aliphatic carbocycles. The Hall–Kier alpha value is -1.09. The molecular weight excluding hydrogens is 248 g/mol. The maximum Gasteiger partial charge on any atom is 0.242 e. The van der Waals surface area contributed by atoms with Crippen molar-refractivity contribution < 1.29 is 8.42 Å². The van der Waals surface area contributed by atoms with E-state index in [9.17, 15) is 8.42 Å². The second-order valence-electron chi connectivity index (χ2n) is 3.15. The van der Waals surface area contributed by atoms with Gasteiger partial charge in [0, 0.05) is 6.54 Å². The van der Waals surface area contributed by atoms with Crippen LogP contribution in [0.1, 0.15) is 18.9 Å². The third-order valence-corrected chi connectivity index (χ3v) is 3.83. The van der Waals surface area contributed by atoms with Gasteiger partial charge in [0.15, 0.2) is 0 Å². The van der Waals surface area contributed by atoms with Crippen molar-refractivity contribution in [3.63, 3.8) is 0 Å². The first-order chi connectivity index (χ1) is 7.51.